The Morgan fingerprint density at radius 1 is 1.24 bits per heavy atom. The number of nitrogens with zero attached hydrogens (tertiary/aromatic N) is 3. The van der Waals surface area contributed by atoms with Gasteiger partial charge in [-0.2, -0.15) is 0 Å². The molecule has 0 spiro atoms. The van der Waals surface area contributed by atoms with Crippen molar-refractivity contribution < 1.29 is 18.7 Å². The van der Waals surface area contributed by atoms with Crippen LogP contribution < -0.4 is 5.32 Å². The van der Waals surface area contributed by atoms with Crippen molar-refractivity contribution in [3.05, 3.63) is 65.5 Å². The van der Waals surface area contributed by atoms with Crippen molar-refractivity contribution in [1.82, 2.24) is 14.5 Å². The second-order valence-electron chi connectivity index (χ2n) is 5.82. The van der Waals surface area contributed by atoms with E-state index in [0.717, 1.165) is 0 Å². The van der Waals surface area contributed by atoms with Crippen LogP contribution in [0.15, 0.2) is 53.9 Å². The van der Waals surface area contributed by atoms with E-state index in [1.807, 2.05) is 0 Å². The van der Waals surface area contributed by atoms with Crippen LogP contribution in [0.1, 0.15) is 17.4 Å². The second kappa shape index (κ2) is 9.06. The van der Waals surface area contributed by atoms with Gasteiger partial charge in [0.05, 0.1) is 11.9 Å². The van der Waals surface area contributed by atoms with Crippen LogP contribution in [-0.2, 0) is 9.53 Å². The predicted octanol–water partition coefficient (Wildman–Crippen LogP) is 3.97. The molecule has 0 radical (unpaired) electrons. The maximum atomic E-state index is 13.3. The van der Waals surface area contributed by atoms with Crippen molar-refractivity contribution in [1.29, 1.82) is 0 Å². The van der Waals surface area contributed by atoms with Crippen molar-refractivity contribution >= 4 is 40.9 Å². The molecule has 0 aliphatic rings. The van der Waals surface area contributed by atoms with Crippen molar-refractivity contribution in [3.63, 3.8) is 0 Å². The third-order valence-electron chi connectivity index (χ3n) is 3.88. The Kier molecular flexibility index (Phi) is 6.50. The summed E-state index contributed by atoms with van der Waals surface area (Å²) in [6.07, 6.45) is 3.53. The van der Waals surface area contributed by atoms with Crippen LogP contribution in [0.5, 0.6) is 0 Å². The molecule has 3 rings (SSSR count). The van der Waals surface area contributed by atoms with Crippen LogP contribution in [0.2, 0.25) is 5.15 Å². The lowest BCUT2D eigenvalue weighted by atomic mass is 10.3. The van der Waals surface area contributed by atoms with Crippen molar-refractivity contribution in [3.8, 4) is 5.69 Å². The highest BCUT2D eigenvalue weighted by molar-refractivity contribution is 7.98. The summed E-state index contributed by atoms with van der Waals surface area (Å²) >= 11 is 7.23. The fraction of sp³-hybridized carbons (Fsp3) is 0.158. The standard InChI is InChI=1S/C19H16ClFN4O3S/c1-11(17(26)24-14-4-3-9-22-16(14)20)28-18(27)15-10-23-19(29-2)25(15)13-7-5-12(21)6-8-13/h3-11H,1-2H3,(H,24,26). The molecule has 2 heterocycles. The molecule has 29 heavy (non-hydrogen) atoms. The van der Waals surface area contributed by atoms with Gasteiger partial charge in [-0.1, -0.05) is 23.4 Å². The zero-order chi connectivity index (χ0) is 21.0. The molecule has 1 aromatic carbocycles. The van der Waals surface area contributed by atoms with Crippen molar-refractivity contribution in [2.24, 2.45) is 0 Å². The monoisotopic (exact) mass is 434 g/mol. The zero-order valence-corrected chi connectivity index (χ0v) is 17.0. The maximum absolute atomic E-state index is 13.3. The summed E-state index contributed by atoms with van der Waals surface area (Å²) in [4.78, 5) is 33.1. The summed E-state index contributed by atoms with van der Waals surface area (Å²) in [6, 6.07) is 8.80. The topological polar surface area (TPSA) is 86.1 Å². The first-order valence-electron chi connectivity index (χ1n) is 8.40. The van der Waals surface area contributed by atoms with Crippen molar-refractivity contribution in [2.45, 2.75) is 18.2 Å². The van der Waals surface area contributed by atoms with Gasteiger partial charge in [0, 0.05) is 11.9 Å². The van der Waals surface area contributed by atoms with Gasteiger partial charge in [0.25, 0.3) is 5.91 Å². The number of hydrogen-bond donors (Lipinski definition) is 1. The molecular formula is C19H16ClFN4O3S. The Balaban J connectivity index is 1.78. The minimum atomic E-state index is -1.10. The molecule has 7 nitrogen and oxygen atoms in total. The number of amides is 1. The fourth-order valence-corrected chi connectivity index (χ4v) is 3.16. The minimum absolute atomic E-state index is 0.111. The van der Waals surface area contributed by atoms with Gasteiger partial charge in [0.1, 0.15) is 5.82 Å². The molecule has 0 aliphatic carbocycles. The van der Waals surface area contributed by atoms with E-state index in [1.165, 1.54) is 59.9 Å². The van der Waals surface area contributed by atoms with Crippen LogP contribution in [0.25, 0.3) is 5.69 Å². The van der Waals surface area contributed by atoms with Crippen LogP contribution in [0.3, 0.4) is 0 Å². The number of nitrogens with one attached hydrogen (secondary N) is 1. The van der Waals surface area contributed by atoms with E-state index in [1.54, 1.807) is 18.4 Å². The number of esters is 1. The number of aromatic nitrogens is 3. The van der Waals surface area contributed by atoms with E-state index < -0.39 is 23.8 Å². The number of anilines is 1. The van der Waals surface area contributed by atoms with Crippen LogP contribution in [-0.4, -0.2) is 38.8 Å². The lowest BCUT2D eigenvalue weighted by Gasteiger charge is -2.15. The number of rotatable bonds is 6. The molecule has 2 aromatic heterocycles. The van der Waals surface area contributed by atoms with Crippen LogP contribution in [0, 0.1) is 5.82 Å². The average Bonchev–Trinajstić information content (AvgIpc) is 3.14. The van der Waals surface area contributed by atoms with Gasteiger partial charge in [-0.25, -0.2) is 19.2 Å². The normalized spacial score (nSPS) is 11.7. The number of halogens is 2. The number of hydrogen-bond acceptors (Lipinski definition) is 6. The second-order valence-corrected chi connectivity index (χ2v) is 6.95. The molecule has 0 saturated carbocycles. The molecular weight excluding hydrogens is 419 g/mol. The fourth-order valence-electron chi connectivity index (χ4n) is 2.45. The molecule has 0 aliphatic heterocycles. The van der Waals surface area contributed by atoms with E-state index in [2.05, 4.69) is 15.3 Å². The number of carbonyl (C=O) groups excluding carboxylic acids is 2. The summed E-state index contributed by atoms with van der Waals surface area (Å²) in [5.41, 5.74) is 0.961. The quantitative estimate of drug-likeness (QED) is 0.359. The molecule has 1 N–H and O–H groups in total. The minimum Gasteiger partial charge on any atom is -0.448 e. The summed E-state index contributed by atoms with van der Waals surface area (Å²) < 4.78 is 20.1. The van der Waals surface area contributed by atoms with Crippen LogP contribution >= 0.6 is 23.4 Å². The van der Waals surface area contributed by atoms with Crippen molar-refractivity contribution in [2.75, 3.05) is 11.6 Å². The number of pyridine rings is 1. The smallest absolute Gasteiger partial charge is 0.357 e. The summed E-state index contributed by atoms with van der Waals surface area (Å²) in [6.45, 7) is 1.44. The number of benzene rings is 1. The van der Waals surface area contributed by atoms with Crippen LogP contribution in [0.4, 0.5) is 10.1 Å². The molecule has 10 heteroatoms. The highest BCUT2D eigenvalue weighted by atomic mass is 35.5. The Labute approximate surface area is 175 Å². The Morgan fingerprint density at radius 3 is 2.62 bits per heavy atom. The molecule has 1 unspecified atom stereocenters. The zero-order valence-electron chi connectivity index (χ0n) is 15.4. The molecule has 0 saturated heterocycles. The summed E-state index contributed by atoms with van der Waals surface area (Å²) in [7, 11) is 0. The first-order valence-corrected chi connectivity index (χ1v) is 10.0. The Hall–Kier alpha value is -2.91. The first kappa shape index (κ1) is 20.8. The first-order chi connectivity index (χ1) is 13.9. The molecule has 0 fully saturated rings. The highest BCUT2D eigenvalue weighted by Gasteiger charge is 2.24. The largest absolute Gasteiger partial charge is 0.448 e. The van der Waals surface area contributed by atoms with Gasteiger partial charge in [0.2, 0.25) is 0 Å². The van der Waals surface area contributed by atoms with E-state index in [-0.39, 0.29) is 10.8 Å². The summed E-state index contributed by atoms with van der Waals surface area (Å²) in [5.74, 6) is -1.71. The number of carbonyl (C=O) groups is 2. The van der Waals surface area contributed by atoms with E-state index >= 15 is 0 Å². The lowest BCUT2D eigenvalue weighted by Crippen LogP contribution is -2.30. The van der Waals surface area contributed by atoms with Gasteiger partial charge >= 0.3 is 5.97 Å². The predicted molar refractivity (Wildman–Crippen MR) is 108 cm³/mol. The maximum Gasteiger partial charge on any atom is 0.357 e. The third kappa shape index (κ3) is 4.75. The molecule has 150 valence electrons. The van der Waals surface area contributed by atoms with Gasteiger partial charge in [-0.3, -0.25) is 9.36 Å². The number of imidazole rings is 1. The van der Waals surface area contributed by atoms with Gasteiger partial charge in [-0.05, 0) is 49.6 Å². The molecule has 0 bridgehead atoms. The molecule has 3 aromatic rings. The number of ether oxygens (including phenoxy) is 1. The molecule has 1 atom stereocenters. The summed E-state index contributed by atoms with van der Waals surface area (Å²) in [5, 5.41) is 3.20. The average molecular weight is 435 g/mol. The van der Waals surface area contributed by atoms with E-state index in [4.69, 9.17) is 16.3 Å². The Morgan fingerprint density at radius 2 is 1.97 bits per heavy atom. The van der Waals surface area contributed by atoms with E-state index in [9.17, 15) is 14.0 Å². The lowest BCUT2D eigenvalue weighted by molar-refractivity contribution is -0.123. The Bertz CT molecular complexity index is 1040. The third-order valence-corrected chi connectivity index (χ3v) is 4.83. The highest BCUT2D eigenvalue weighted by Crippen LogP contribution is 2.23. The van der Waals surface area contributed by atoms with Gasteiger partial charge in [0.15, 0.2) is 22.1 Å². The SMILES string of the molecule is CSc1ncc(C(=O)OC(C)C(=O)Nc2cccnc2Cl)n1-c1ccc(F)cc1. The van der Waals surface area contributed by atoms with Gasteiger partial charge in [-0.15, -0.1) is 0 Å². The molecule has 1 amide bonds. The number of thioether (sulfide) groups is 1. The van der Waals surface area contributed by atoms with E-state index in [0.29, 0.717) is 16.5 Å². The van der Waals surface area contributed by atoms with Gasteiger partial charge < -0.3 is 10.1 Å².